The standard InChI is InChI=1S/C37H39F2N5O2S/c1-3-30-36(29-12-11-28(23(2)34(29)39)37-41-35(31(22-45)47-37)25-6-9-27(38)10-7-25)44-20-26(8-13-32(44)40-30)24-14-18-42(19-15-24)21-33(46)43-16-4-5-17-43/h6-13,20,24,45H,3-5,14-19,21-22H2,1-2H3. The number of piperidine rings is 1. The molecule has 2 aliphatic heterocycles. The molecule has 2 fully saturated rings. The van der Waals surface area contributed by atoms with E-state index in [0.29, 0.717) is 56.7 Å². The molecule has 2 saturated heterocycles. The molecule has 5 aromatic rings. The van der Waals surface area contributed by atoms with Crippen molar-refractivity contribution in [3.63, 3.8) is 0 Å². The highest BCUT2D eigenvalue weighted by molar-refractivity contribution is 7.15. The first-order valence-electron chi connectivity index (χ1n) is 16.5. The molecule has 244 valence electrons. The zero-order chi connectivity index (χ0) is 32.7. The highest BCUT2D eigenvalue weighted by atomic mass is 32.1. The molecule has 7 nitrogen and oxygen atoms in total. The van der Waals surface area contributed by atoms with Gasteiger partial charge in [0.2, 0.25) is 5.91 Å². The number of thiazole rings is 1. The molecule has 47 heavy (non-hydrogen) atoms. The zero-order valence-corrected chi connectivity index (χ0v) is 27.6. The van der Waals surface area contributed by atoms with E-state index < -0.39 is 0 Å². The van der Waals surface area contributed by atoms with Crippen LogP contribution in [-0.4, -0.2) is 67.9 Å². The molecule has 0 saturated carbocycles. The Labute approximate surface area is 277 Å². The van der Waals surface area contributed by atoms with Crippen LogP contribution in [0.5, 0.6) is 0 Å². The van der Waals surface area contributed by atoms with Gasteiger partial charge in [0.15, 0.2) is 0 Å². The third-order valence-corrected chi connectivity index (χ3v) is 10.8. The van der Waals surface area contributed by atoms with E-state index >= 15 is 4.39 Å². The summed E-state index contributed by atoms with van der Waals surface area (Å²) < 4.78 is 32.0. The van der Waals surface area contributed by atoms with Crippen LogP contribution in [0.15, 0.2) is 54.7 Å². The highest BCUT2D eigenvalue weighted by Gasteiger charge is 2.27. The molecule has 10 heteroatoms. The average Bonchev–Trinajstić information content (AvgIpc) is 3.86. The molecule has 0 unspecified atom stereocenters. The van der Waals surface area contributed by atoms with E-state index in [4.69, 9.17) is 9.97 Å². The Morgan fingerprint density at radius 3 is 2.38 bits per heavy atom. The summed E-state index contributed by atoms with van der Waals surface area (Å²) >= 11 is 1.31. The minimum Gasteiger partial charge on any atom is -0.391 e. The quantitative estimate of drug-likeness (QED) is 0.191. The number of hydrogen-bond acceptors (Lipinski definition) is 6. The molecule has 3 aromatic heterocycles. The van der Waals surface area contributed by atoms with E-state index in [1.54, 1.807) is 25.1 Å². The fourth-order valence-corrected chi connectivity index (χ4v) is 8.10. The number of carbonyl (C=O) groups excluding carboxylic acids is 1. The topological polar surface area (TPSA) is 74.0 Å². The molecule has 1 N–H and O–H groups in total. The van der Waals surface area contributed by atoms with E-state index in [-0.39, 0.29) is 24.1 Å². The molecule has 2 aromatic carbocycles. The molecular formula is C37H39F2N5O2S. The fraction of sp³-hybridized carbons (Fsp3) is 0.378. The van der Waals surface area contributed by atoms with Gasteiger partial charge in [0.1, 0.15) is 22.3 Å². The summed E-state index contributed by atoms with van der Waals surface area (Å²) in [6.07, 6.45) is 6.93. The largest absolute Gasteiger partial charge is 0.391 e. The van der Waals surface area contributed by atoms with Crippen LogP contribution in [0.25, 0.3) is 38.7 Å². The minimum absolute atomic E-state index is 0.219. The molecular weight excluding hydrogens is 617 g/mol. The Kier molecular flexibility index (Phi) is 8.91. The Bertz CT molecular complexity index is 1920. The maximum absolute atomic E-state index is 16.4. The predicted molar refractivity (Wildman–Crippen MR) is 181 cm³/mol. The molecule has 0 atom stereocenters. The lowest BCUT2D eigenvalue weighted by Gasteiger charge is -2.32. The van der Waals surface area contributed by atoms with Crippen LogP contribution in [0.3, 0.4) is 0 Å². The second kappa shape index (κ2) is 13.3. The number of hydrogen-bond donors (Lipinski definition) is 1. The van der Waals surface area contributed by atoms with Crippen molar-refractivity contribution in [1.29, 1.82) is 0 Å². The molecule has 5 heterocycles. The van der Waals surface area contributed by atoms with E-state index in [0.717, 1.165) is 68.9 Å². The van der Waals surface area contributed by atoms with Crippen molar-refractivity contribution >= 4 is 22.9 Å². The number of likely N-dealkylation sites (tertiary alicyclic amines) is 2. The molecule has 0 bridgehead atoms. The molecule has 0 spiro atoms. The monoisotopic (exact) mass is 655 g/mol. The lowest BCUT2D eigenvalue weighted by atomic mass is 9.90. The summed E-state index contributed by atoms with van der Waals surface area (Å²) in [5.74, 6) is -0.0735. The van der Waals surface area contributed by atoms with Gasteiger partial charge < -0.3 is 10.0 Å². The van der Waals surface area contributed by atoms with Gasteiger partial charge in [-0.2, -0.15) is 0 Å². The Morgan fingerprint density at radius 2 is 1.68 bits per heavy atom. The summed E-state index contributed by atoms with van der Waals surface area (Å²) in [5, 5.41) is 10.6. The number of pyridine rings is 1. The van der Waals surface area contributed by atoms with Crippen LogP contribution in [0, 0.1) is 18.6 Å². The number of aliphatic hydroxyl groups excluding tert-OH is 1. The van der Waals surface area contributed by atoms with Gasteiger partial charge in [-0.1, -0.05) is 19.1 Å². The van der Waals surface area contributed by atoms with Crippen LogP contribution in [-0.2, 0) is 17.8 Å². The maximum Gasteiger partial charge on any atom is 0.236 e. The Hall–Kier alpha value is -3.99. The van der Waals surface area contributed by atoms with Gasteiger partial charge in [-0.05, 0) is 106 Å². The van der Waals surface area contributed by atoms with Crippen LogP contribution < -0.4 is 0 Å². The van der Waals surface area contributed by atoms with Gasteiger partial charge in [0.05, 0.1) is 35.1 Å². The van der Waals surface area contributed by atoms with Crippen molar-refractivity contribution in [2.45, 2.75) is 58.5 Å². The first kappa shape index (κ1) is 31.6. The van der Waals surface area contributed by atoms with Gasteiger partial charge in [-0.25, -0.2) is 18.7 Å². The van der Waals surface area contributed by atoms with Crippen molar-refractivity contribution < 1.29 is 18.7 Å². The summed E-state index contributed by atoms with van der Waals surface area (Å²) in [4.78, 5) is 27.2. The summed E-state index contributed by atoms with van der Waals surface area (Å²) in [7, 11) is 0. The number of amides is 1. The molecule has 0 aliphatic carbocycles. The van der Waals surface area contributed by atoms with Crippen molar-refractivity contribution in [2.24, 2.45) is 0 Å². The first-order valence-corrected chi connectivity index (χ1v) is 17.3. The summed E-state index contributed by atoms with van der Waals surface area (Å²) in [6.45, 7) is 7.62. The number of nitrogens with zero attached hydrogens (tertiary/aromatic N) is 5. The predicted octanol–water partition coefficient (Wildman–Crippen LogP) is 7.23. The van der Waals surface area contributed by atoms with Gasteiger partial charge in [-0.3, -0.25) is 14.1 Å². The Morgan fingerprint density at radius 1 is 0.957 bits per heavy atom. The van der Waals surface area contributed by atoms with E-state index in [1.807, 2.05) is 28.4 Å². The van der Waals surface area contributed by atoms with Gasteiger partial charge in [0, 0.05) is 36.0 Å². The van der Waals surface area contributed by atoms with Gasteiger partial charge in [-0.15, -0.1) is 11.3 Å². The van der Waals surface area contributed by atoms with Crippen molar-refractivity contribution in [1.82, 2.24) is 24.2 Å². The molecule has 1 amide bonds. The number of carbonyl (C=O) groups is 1. The number of halogens is 2. The fourth-order valence-electron chi connectivity index (χ4n) is 7.07. The van der Waals surface area contributed by atoms with Crippen molar-refractivity contribution in [2.75, 3.05) is 32.7 Å². The molecule has 2 aliphatic rings. The number of aromatic nitrogens is 3. The molecule has 0 radical (unpaired) electrons. The van der Waals surface area contributed by atoms with Gasteiger partial charge in [0.25, 0.3) is 0 Å². The SMILES string of the molecule is CCc1nc2ccc(C3CCN(CC(=O)N4CCCC4)CC3)cn2c1-c1ccc(-c2nc(-c3ccc(F)cc3)c(CO)s2)c(C)c1F. The molecule has 7 rings (SSSR count). The first-order chi connectivity index (χ1) is 22.8. The van der Waals surface area contributed by atoms with E-state index in [2.05, 4.69) is 17.2 Å². The number of aliphatic hydroxyl groups is 1. The smallest absolute Gasteiger partial charge is 0.236 e. The normalized spacial score (nSPS) is 16.1. The number of fused-ring (bicyclic) bond motifs is 1. The number of aryl methyl sites for hydroxylation is 1. The zero-order valence-electron chi connectivity index (χ0n) is 26.8. The highest BCUT2D eigenvalue weighted by Crippen LogP contribution is 2.39. The van der Waals surface area contributed by atoms with Crippen LogP contribution in [0.4, 0.5) is 8.78 Å². The second-order valence-electron chi connectivity index (χ2n) is 12.6. The van der Waals surface area contributed by atoms with Crippen molar-refractivity contribution in [3.05, 3.63) is 88.1 Å². The third-order valence-electron chi connectivity index (χ3n) is 9.76. The van der Waals surface area contributed by atoms with Crippen LogP contribution in [0.1, 0.15) is 60.2 Å². The van der Waals surface area contributed by atoms with Gasteiger partial charge >= 0.3 is 0 Å². The number of rotatable bonds is 8. The minimum atomic E-state index is -0.347. The lowest BCUT2D eigenvalue weighted by Crippen LogP contribution is -2.42. The second-order valence-corrected chi connectivity index (χ2v) is 13.7. The number of benzene rings is 2. The average molecular weight is 656 g/mol. The van der Waals surface area contributed by atoms with Crippen molar-refractivity contribution in [3.8, 4) is 33.1 Å². The number of imidazole rings is 1. The Balaban J connectivity index is 1.17. The third kappa shape index (κ3) is 6.10. The van der Waals surface area contributed by atoms with Crippen LogP contribution >= 0.6 is 11.3 Å². The van der Waals surface area contributed by atoms with E-state index in [9.17, 15) is 14.3 Å². The van der Waals surface area contributed by atoms with Crippen LogP contribution in [0.2, 0.25) is 0 Å². The maximum atomic E-state index is 16.4. The van der Waals surface area contributed by atoms with E-state index in [1.165, 1.54) is 29.0 Å². The lowest BCUT2D eigenvalue weighted by molar-refractivity contribution is -0.131. The summed E-state index contributed by atoms with van der Waals surface area (Å²) in [5.41, 5.74) is 6.45. The summed E-state index contributed by atoms with van der Waals surface area (Å²) in [6, 6.07) is 13.9.